The summed E-state index contributed by atoms with van der Waals surface area (Å²) in [6.45, 7) is 6.37. The highest BCUT2D eigenvalue weighted by molar-refractivity contribution is 4.76. The van der Waals surface area contributed by atoms with E-state index in [-0.39, 0.29) is 0 Å². The van der Waals surface area contributed by atoms with Gasteiger partial charge in [-0.05, 0) is 44.2 Å². The number of hydrogen-bond acceptors (Lipinski definition) is 1. The van der Waals surface area contributed by atoms with Gasteiger partial charge in [0.05, 0.1) is 0 Å². The summed E-state index contributed by atoms with van der Waals surface area (Å²) in [5.41, 5.74) is 0. The van der Waals surface area contributed by atoms with E-state index in [4.69, 9.17) is 0 Å². The van der Waals surface area contributed by atoms with Crippen LogP contribution in [0.5, 0.6) is 0 Å². The summed E-state index contributed by atoms with van der Waals surface area (Å²) in [6.07, 6.45) is 4.63. The van der Waals surface area contributed by atoms with Gasteiger partial charge in [-0.3, -0.25) is 0 Å². The quantitative estimate of drug-likeness (QED) is 0.720. The van der Waals surface area contributed by atoms with E-state index in [0.717, 1.165) is 32.4 Å². The van der Waals surface area contributed by atoms with Crippen LogP contribution in [0.2, 0.25) is 0 Å². The van der Waals surface area contributed by atoms with Gasteiger partial charge in [0, 0.05) is 0 Å². The Hall–Kier alpha value is -0.110. The third-order valence-corrected chi connectivity index (χ3v) is 3.30. The molecule has 1 N–H and O–H groups in total. The van der Waals surface area contributed by atoms with E-state index in [1.54, 1.807) is 0 Å². The first-order chi connectivity index (χ1) is 6.74. The van der Waals surface area contributed by atoms with Gasteiger partial charge in [-0.15, -0.1) is 0 Å². The van der Waals surface area contributed by atoms with Crippen molar-refractivity contribution in [2.24, 2.45) is 11.8 Å². The second-order valence-electron chi connectivity index (χ2n) is 4.73. The topological polar surface area (TPSA) is 12.0 Å². The van der Waals surface area contributed by atoms with Crippen molar-refractivity contribution < 1.29 is 4.39 Å². The Bertz CT molecular complexity index is 143. The Kier molecular flexibility index (Phi) is 5.46. The van der Waals surface area contributed by atoms with Crippen molar-refractivity contribution in [2.75, 3.05) is 13.1 Å². The van der Waals surface area contributed by atoms with Crippen LogP contribution in [0.4, 0.5) is 4.39 Å². The molecule has 1 heterocycles. The van der Waals surface area contributed by atoms with E-state index in [1.807, 2.05) is 0 Å². The largest absolute Gasteiger partial charge is 0.317 e. The molecule has 14 heavy (non-hydrogen) atoms. The number of piperidine rings is 1. The average molecular weight is 201 g/mol. The maximum Gasteiger partial charge on any atom is 0.103 e. The van der Waals surface area contributed by atoms with Crippen molar-refractivity contribution in [1.29, 1.82) is 0 Å². The van der Waals surface area contributed by atoms with Gasteiger partial charge in [-0.25, -0.2) is 4.39 Å². The van der Waals surface area contributed by atoms with E-state index in [0.29, 0.717) is 11.8 Å². The maximum atomic E-state index is 13.8. The van der Waals surface area contributed by atoms with Crippen LogP contribution in [0.15, 0.2) is 0 Å². The van der Waals surface area contributed by atoms with E-state index >= 15 is 0 Å². The van der Waals surface area contributed by atoms with Crippen molar-refractivity contribution in [3.8, 4) is 0 Å². The molecule has 0 aromatic heterocycles. The lowest BCUT2D eigenvalue weighted by atomic mass is 9.87. The molecular weight excluding hydrogens is 177 g/mol. The van der Waals surface area contributed by atoms with Crippen LogP contribution in [0.1, 0.15) is 46.0 Å². The maximum absolute atomic E-state index is 13.8. The minimum atomic E-state index is -0.557. The fourth-order valence-electron chi connectivity index (χ4n) is 2.39. The lowest BCUT2D eigenvalue weighted by Gasteiger charge is -2.27. The van der Waals surface area contributed by atoms with E-state index in [9.17, 15) is 4.39 Å². The van der Waals surface area contributed by atoms with Gasteiger partial charge in [0.15, 0.2) is 0 Å². The van der Waals surface area contributed by atoms with Gasteiger partial charge in [0.25, 0.3) is 0 Å². The molecule has 0 aromatic carbocycles. The monoisotopic (exact) mass is 201 g/mol. The molecule has 1 aliphatic heterocycles. The van der Waals surface area contributed by atoms with Crippen molar-refractivity contribution in [3.63, 3.8) is 0 Å². The molecule has 2 heteroatoms. The molecule has 0 radical (unpaired) electrons. The Morgan fingerprint density at radius 1 is 1.36 bits per heavy atom. The second-order valence-corrected chi connectivity index (χ2v) is 4.73. The fourth-order valence-corrected chi connectivity index (χ4v) is 2.39. The summed E-state index contributed by atoms with van der Waals surface area (Å²) in [5, 5.41) is 3.28. The SMILES string of the molecule is CCCC(C)CC(F)C1CCNCC1. The normalized spacial score (nSPS) is 23.4. The van der Waals surface area contributed by atoms with Gasteiger partial charge in [-0.1, -0.05) is 26.7 Å². The Morgan fingerprint density at radius 3 is 2.57 bits per heavy atom. The summed E-state index contributed by atoms with van der Waals surface area (Å²) < 4.78 is 13.8. The first kappa shape index (κ1) is 12.0. The molecule has 0 spiro atoms. The Labute approximate surface area is 87.5 Å². The third-order valence-electron chi connectivity index (χ3n) is 3.30. The number of rotatable bonds is 5. The molecule has 1 nitrogen and oxygen atoms in total. The summed E-state index contributed by atoms with van der Waals surface area (Å²) in [7, 11) is 0. The Balaban J connectivity index is 2.21. The molecule has 2 unspecified atom stereocenters. The number of alkyl halides is 1. The first-order valence-electron chi connectivity index (χ1n) is 6.08. The van der Waals surface area contributed by atoms with Gasteiger partial charge in [0.1, 0.15) is 6.17 Å². The zero-order valence-corrected chi connectivity index (χ0v) is 9.56. The number of hydrogen-bond donors (Lipinski definition) is 1. The van der Waals surface area contributed by atoms with Gasteiger partial charge < -0.3 is 5.32 Å². The van der Waals surface area contributed by atoms with Crippen molar-refractivity contribution in [1.82, 2.24) is 5.32 Å². The first-order valence-corrected chi connectivity index (χ1v) is 6.08. The van der Waals surface area contributed by atoms with Crippen LogP contribution in [-0.2, 0) is 0 Å². The van der Waals surface area contributed by atoms with Gasteiger partial charge >= 0.3 is 0 Å². The van der Waals surface area contributed by atoms with Crippen LogP contribution < -0.4 is 5.32 Å². The highest BCUT2D eigenvalue weighted by atomic mass is 19.1. The number of halogens is 1. The molecule has 1 aliphatic rings. The van der Waals surface area contributed by atoms with Crippen molar-refractivity contribution in [2.45, 2.75) is 52.1 Å². The highest BCUT2D eigenvalue weighted by Gasteiger charge is 2.24. The summed E-state index contributed by atoms with van der Waals surface area (Å²) >= 11 is 0. The molecule has 0 amide bonds. The van der Waals surface area contributed by atoms with Crippen LogP contribution >= 0.6 is 0 Å². The third kappa shape index (κ3) is 3.95. The summed E-state index contributed by atoms with van der Waals surface area (Å²) in [4.78, 5) is 0. The molecule has 84 valence electrons. The summed E-state index contributed by atoms with van der Waals surface area (Å²) in [6, 6.07) is 0. The van der Waals surface area contributed by atoms with Gasteiger partial charge in [0.2, 0.25) is 0 Å². The zero-order valence-electron chi connectivity index (χ0n) is 9.56. The summed E-state index contributed by atoms with van der Waals surface area (Å²) in [5.74, 6) is 0.889. The van der Waals surface area contributed by atoms with Crippen molar-refractivity contribution in [3.05, 3.63) is 0 Å². The minimum Gasteiger partial charge on any atom is -0.317 e. The molecule has 1 fully saturated rings. The molecule has 0 bridgehead atoms. The minimum absolute atomic E-state index is 0.329. The van der Waals surface area contributed by atoms with Crippen LogP contribution in [0.3, 0.4) is 0 Å². The van der Waals surface area contributed by atoms with Crippen LogP contribution in [0.25, 0.3) is 0 Å². The second kappa shape index (κ2) is 6.39. The highest BCUT2D eigenvalue weighted by Crippen LogP contribution is 2.25. The molecule has 0 aromatic rings. The molecule has 1 saturated heterocycles. The fraction of sp³-hybridized carbons (Fsp3) is 1.00. The molecule has 0 saturated carbocycles. The van der Waals surface area contributed by atoms with Gasteiger partial charge in [-0.2, -0.15) is 0 Å². The van der Waals surface area contributed by atoms with Crippen LogP contribution in [-0.4, -0.2) is 19.3 Å². The van der Waals surface area contributed by atoms with Crippen molar-refractivity contribution >= 4 is 0 Å². The smallest absolute Gasteiger partial charge is 0.103 e. The lowest BCUT2D eigenvalue weighted by molar-refractivity contribution is 0.156. The standard InChI is InChI=1S/C12H24FN/c1-3-4-10(2)9-12(13)11-5-7-14-8-6-11/h10-12,14H,3-9H2,1-2H3. The Morgan fingerprint density at radius 2 is 2.00 bits per heavy atom. The average Bonchev–Trinajstić information content (AvgIpc) is 2.19. The predicted molar refractivity (Wildman–Crippen MR) is 59.2 cm³/mol. The molecule has 1 rings (SSSR count). The molecule has 2 atom stereocenters. The molecular formula is C12H24FN. The number of nitrogens with one attached hydrogen (secondary N) is 1. The zero-order chi connectivity index (χ0) is 10.4. The predicted octanol–water partition coefficient (Wildman–Crippen LogP) is 3.15. The molecule has 0 aliphatic carbocycles. The van der Waals surface area contributed by atoms with E-state index in [2.05, 4.69) is 19.2 Å². The van der Waals surface area contributed by atoms with Crippen LogP contribution in [0, 0.1) is 11.8 Å². The van der Waals surface area contributed by atoms with E-state index in [1.165, 1.54) is 12.8 Å². The van der Waals surface area contributed by atoms with E-state index < -0.39 is 6.17 Å². The lowest BCUT2D eigenvalue weighted by Crippen LogP contribution is -2.33.